The van der Waals surface area contributed by atoms with Crippen molar-refractivity contribution in [3.05, 3.63) is 24.5 Å². The zero-order chi connectivity index (χ0) is 20.2. The first-order valence-electron chi connectivity index (χ1n) is 11.5. The summed E-state index contributed by atoms with van der Waals surface area (Å²) >= 11 is 0. The molecule has 3 aliphatic rings. The molecule has 0 radical (unpaired) electrons. The molecule has 0 spiro atoms. The van der Waals surface area contributed by atoms with E-state index in [2.05, 4.69) is 42.9 Å². The van der Waals surface area contributed by atoms with Gasteiger partial charge in [0.25, 0.3) is 0 Å². The van der Waals surface area contributed by atoms with Gasteiger partial charge in [-0.3, -0.25) is 9.80 Å². The molecule has 2 saturated heterocycles. The first-order chi connectivity index (χ1) is 14.8. The average Bonchev–Trinajstić information content (AvgIpc) is 3.04. The Bertz CT molecular complexity index is 827. The molecule has 7 heteroatoms. The highest BCUT2D eigenvalue weighted by atomic mass is 16.5. The summed E-state index contributed by atoms with van der Waals surface area (Å²) in [7, 11) is 0. The predicted octanol–water partition coefficient (Wildman–Crippen LogP) is 2.41. The minimum absolute atomic E-state index is 0.325. The Morgan fingerprint density at radius 1 is 0.900 bits per heavy atom. The van der Waals surface area contributed by atoms with Gasteiger partial charge >= 0.3 is 0 Å². The second-order valence-electron chi connectivity index (χ2n) is 8.69. The van der Waals surface area contributed by atoms with Gasteiger partial charge in [0, 0.05) is 64.7 Å². The van der Waals surface area contributed by atoms with Gasteiger partial charge in [-0.25, -0.2) is 9.97 Å². The van der Waals surface area contributed by atoms with Crippen LogP contribution >= 0.6 is 0 Å². The number of ether oxygens (including phenoxy) is 2. The van der Waals surface area contributed by atoms with E-state index in [0.717, 1.165) is 95.1 Å². The molecule has 7 nitrogen and oxygen atoms in total. The number of hydrogen-bond donors (Lipinski definition) is 0. The van der Waals surface area contributed by atoms with E-state index in [-0.39, 0.29) is 0 Å². The van der Waals surface area contributed by atoms with Crippen molar-refractivity contribution in [3.8, 4) is 5.88 Å². The number of benzene rings is 1. The van der Waals surface area contributed by atoms with E-state index in [1.807, 2.05) is 0 Å². The number of fused-ring (bicyclic) bond motifs is 1. The van der Waals surface area contributed by atoms with E-state index >= 15 is 0 Å². The third-order valence-corrected chi connectivity index (χ3v) is 6.70. The maximum Gasteiger partial charge on any atom is 0.224 e. The van der Waals surface area contributed by atoms with Crippen molar-refractivity contribution in [2.24, 2.45) is 0 Å². The van der Waals surface area contributed by atoms with Gasteiger partial charge < -0.3 is 14.4 Å². The Balaban J connectivity index is 1.18. The zero-order valence-corrected chi connectivity index (χ0v) is 17.8. The standard InChI is InChI=1S/C23H33N5O2/c1-3-20(4-1)30-23-21-17-19(5-6-22(21)24-18-25-23)28-12-10-27(11-13-28)9-8-26-7-2-15-29-16-14-26/h5-6,17-18,20H,1-4,7-16H2. The molecule has 0 N–H and O–H groups in total. The summed E-state index contributed by atoms with van der Waals surface area (Å²) in [4.78, 5) is 16.5. The predicted molar refractivity (Wildman–Crippen MR) is 118 cm³/mol. The molecule has 2 aliphatic heterocycles. The van der Waals surface area contributed by atoms with E-state index < -0.39 is 0 Å². The molecule has 1 saturated carbocycles. The molecule has 162 valence electrons. The number of piperazine rings is 1. The Hall–Kier alpha value is -1.96. The molecule has 2 aromatic rings. The number of aromatic nitrogens is 2. The van der Waals surface area contributed by atoms with Crippen LogP contribution in [0.15, 0.2) is 24.5 Å². The normalized spacial score (nSPS) is 22.1. The summed E-state index contributed by atoms with van der Waals surface area (Å²) in [6, 6.07) is 6.51. The van der Waals surface area contributed by atoms with Crippen molar-refractivity contribution in [2.45, 2.75) is 31.8 Å². The van der Waals surface area contributed by atoms with Gasteiger partial charge in [-0.05, 0) is 43.9 Å². The average molecular weight is 412 g/mol. The Morgan fingerprint density at radius 3 is 2.53 bits per heavy atom. The molecule has 5 rings (SSSR count). The minimum Gasteiger partial charge on any atom is -0.474 e. The van der Waals surface area contributed by atoms with Crippen LogP contribution in [0.4, 0.5) is 5.69 Å². The fraction of sp³-hybridized carbons (Fsp3) is 0.652. The van der Waals surface area contributed by atoms with Gasteiger partial charge in [0.1, 0.15) is 12.4 Å². The van der Waals surface area contributed by atoms with Gasteiger partial charge in [-0.1, -0.05) is 0 Å². The molecule has 30 heavy (non-hydrogen) atoms. The van der Waals surface area contributed by atoms with E-state index in [9.17, 15) is 0 Å². The van der Waals surface area contributed by atoms with Crippen LogP contribution in [-0.2, 0) is 4.74 Å². The van der Waals surface area contributed by atoms with Crippen LogP contribution in [0.5, 0.6) is 5.88 Å². The van der Waals surface area contributed by atoms with E-state index in [1.165, 1.54) is 18.7 Å². The summed E-state index contributed by atoms with van der Waals surface area (Å²) in [5, 5.41) is 1.03. The lowest BCUT2D eigenvalue weighted by Gasteiger charge is -2.37. The molecular weight excluding hydrogens is 378 g/mol. The highest BCUT2D eigenvalue weighted by molar-refractivity contribution is 5.86. The number of hydrogen-bond acceptors (Lipinski definition) is 7. The lowest BCUT2D eigenvalue weighted by Crippen LogP contribution is -2.48. The smallest absolute Gasteiger partial charge is 0.224 e. The first kappa shape index (κ1) is 20.0. The summed E-state index contributed by atoms with van der Waals surface area (Å²) in [6.07, 6.45) is 6.63. The molecule has 0 bridgehead atoms. The van der Waals surface area contributed by atoms with Crippen molar-refractivity contribution < 1.29 is 9.47 Å². The lowest BCUT2D eigenvalue weighted by molar-refractivity contribution is 0.116. The summed E-state index contributed by atoms with van der Waals surface area (Å²) in [5.74, 6) is 0.742. The number of anilines is 1. The maximum absolute atomic E-state index is 6.13. The second-order valence-corrected chi connectivity index (χ2v) is 8.69. The van der Waals surface area contributed by atoms with Crippen molar-refractivity contribution in [1.29, 1.82) is 0 Å². The van der Waals surface area contributed by atoms with Gasteiger partial charge in [0.15, 0.2) is 0 Å². The Morgan fingerprint density at radius 2 is 1.73 bits per heavy atom. The Labute approximate surface area is 179 Å². The minimum atomic E-state index is 0.325. The van der Waals surface area contributed by atoms with Crippen molar-refractivity contribution in [2.75, 3.05) is 70.5 Å². The van der Waals surface area contributed by atoms with E-state index in [4.69, 9.17) is 9.47 Å². The van der Waals surface area contributed by atoms with Crippen molar-refractivity contribution >= 4 is 16.6 Å². The highest BCUT2D eigenvalue weighted by Gasteiger charge is 2.22. The molecule has 1 aromatic carbocycles. The highest BCUT2D eigenvalue weighted by Crippen LogP contribution is 2.31. The molecule has 0 atom stereocenters. The SMILES string of the molecule is c1nc(OC2CCC2)c2cc(N3CCN(CCN4CCCOCC4)CC3)ccc2n1. The molecule has 1 aromatic heterocycles. The van der Waals surface area contributed by atoms with Crippen LogP contribution in [0.3, 0.4) is 0 Å². The van der Waals surface area contributed by atoms with Crippen molar-refractivity contribution in [1.82, 2.24) is 19.8 Å². The molecular formula is C23H33N5O2. The molecule has 3 fully saturated rings. The monoisotopic (exact) mass is 411 g/mol. The van der Waals surface area contributed by atoms with Crippen molar-refractivity contribution in [3.63, 3.8) is 0 Å². The van der Waals surface area contributed by atoms with E-state index in [1.54, 1.807) is 6.33 Å². The first-order valence-corrected chi connectivity index (χ1v) is 11.5. The molecule has 1 aliphatic carbocycles. The lowest BCUT2D eigenvalue weighted by atomic mass is 9.96. The molecule has 3 heterocycles. The van der Waals surface area contributed by atoms with Gasteiger partial charge in [0.05, 0.1) is 17.5 Å². The quantitative estimate of drug-likeness (QED) is 0.723. The third kappa shape index (κ3) is 4.68. The van der Waals surface area contributed by atoms with Gasteiger partial charge in [-0.2, -0.15) is 0 Å². The topological polar surface area (TPSA) is 54.0 Å². The molecule has 0 amide bonds. The van der Waals surface area contributed by atoms with Crippen LogP contribution in [0.25, 0.3) is 10.9 Å². The maximum atomic E-state index is 6.13. The van der Waals surface area contributed by atoms with Crippen LogP contribution < -0.4 is 9.64 Å². The third-order valence-electron chi connectivity index (χ3n) is 6.70. The number of rotatable bonds is 6. The fourth-order valence-corrected chi connectivity index (χ4v) is 4.49. The summed E-state index contributed by atoms with van der Waals surface area (Å²) in [6.45, 7) is 10.7. The number of nitrogens with zero attached hydrogens (tertiary/aromatic N) is 5. The Kier molecular flexibility index (Phi) is 6.29. The van der Waals surface area contributed by atoms with Crippen LogP contribution in [-0.4, -0.2) is 91.4 Å². The summed E-state index contributed by atoms with van der Waals surface area (Å²) < 4.78 is 11.7. The zero-order valence-electron chi connectivity index (χ0n) is 17.8. The van der Waals surface area contributed by atoms with E-state index in [0.29, 0.717) is 6.10 Å². The van der Waals surface area contributed by atoms with Crippen LogP contribution in [0.2, 0.25) is 0 Å². The summed E-state index contributed by atoms with van der Waals surface area (Å²) in [5.41, 5.74) is 2.21. The van der Waals surface area contributed by atoms with Crippen LogP contribution in [0, 0.1) is 0 Å². The van der Waals surface area contributed by atoms with Gasteiger partial charge in [0.2, 0.25) is 5.88 Å². The van der Waals surface area contributed by atoms with Gasteiger partial charge in [-0.15, -0.1) is 0 Å². The van der Waals surface area contributed by atoms with Crippen LogP contribution in [0.1, 0.15) is 25.7 Å². The second kappa shape index (κ2) is 9.45. The fourth-order valence-electron chi connectivity index (χ4n) is 4.49. The largest absolute Gasteiger partial charge is 0.474 e. The molecule has 0 unspecified atom stereocenters.